The zero-order chi connectivity index (χ0) is 19.3. The van der Waals surface area contributed by atoms with Crippen LogP contribution in [0.4, 0.5) is 4.79 Å². The Morgan fingerprint density at radius 2 is 2.08 bits per heavy atom. The third kappa shape index (κ3) is 4.62. The van der Waals surface area contributed by atoms with Crippen LogP contribution in [-0.2, 0) is 23.1 Å². The monoisotopic (exact) mass is 388 g/mol. The van der Waals surface area contributed by atoms with Gasteiger partial charge in [0.15, 0.2) is 6.23 Å². The number of nitrogens with zero attached hydrogens (tertiary/aromatic N) is 1. The summed E-state index contributed by atoms with van der Waals surface area (Å²) < 4.78 is 33.9. The number of ether oxygens (including phenoxy) is 2. The number of methoxy groups -OCH3 is 1. The highest BCUT2D eigenvalue weighted by atomic mass is 31.2. The van der Waals surface area contributed by atoms with Gasteiger partial charge in [-0.15, -0.1) is 0 Å². The van der Waals surface area contributed by atoms with E-state index in [2.05, 4.69) is 11.9 Å². The van der Waals surface area contributed by atoms with Gasteiger partial charge in [0.25, 0.3) is 0 Å². The van der Waals surface area contributed by atoms with Crippen LogP contribution in [0.1, 0.15) is 13.8 Å². The molecule has 146 valence electrons. The van der Waals surface area contributed by atoms with Gasteiger partial charge in [0.1, 0.15) is 18.3 Å². The van der Waals surface area contributed by atoms with Crippen molar-refractivity contribution in [2.75, 3.05) is 20.3 Å². The van der Waals surface area contributed by atoms with Crippen LogP contribution in [0.2, 0.25) is 0 Å². The largest absolute Gasteiger partial charge is 0.387 e. The Bertz CT molecular complexity index is 626. The second kappa shape index (κ2) is 8.94. The molecule has 2 heterocycles. The van der Waals surface area contributed by atoms with E-state index in [1.165, 1.54) is 30.1 Å². The van der Waals surface area contributed by atoms with Crippen molar-refractivity contribution < 1.29 is 33.0 Å². The van der Waals surface area contributed by atoms with Crippen molar-refractivity contribution in [2.24, 2.45) is 0 Å². The van der Waals surface area contributed by atoms with Crippen LogP contribution in [0.25, 0.3) is 0 Å². The van der Waals surface area contributed by atoms with Gasteiger partial charge in [-0.05, 0) is 26.0 Å². The van der Waals surface area contributed by atoms with E-state index in [9.17, 15) is 14.5 Å². The second-order valence-electron chi connectivity index (χ2n) is 5.58. The maximum absolute atomic E-state index is 12.5. The highest BCUT2D eigenvalue weighted by Gasteiger charge is 2.47. The lowest BCUT2D eigenvalue weighted by atomic mass is 10.1. The van der Waals surface area contributed by atoms with Crippen LogP contribution in [0.5, 0.6) is 0 Å². The number of nitrogens with one attached hydrogen (secondary N) is 1. The van der Waals surface area contributed by atoms with E-state index in [0.29, 0.717) is 5.70 Å². The average Bonchev–Trinajstić information content (AvgIpc) is 2.89. The summed E-state index contributed by atoms with van der Waals surface area (Å²) in [7, 11) is -2.02. The second-order valence-corrected chi connectivity index (χ2v) is 7.47. The van der Waals surface area contributed by atoms with E-state index in [1.54, 1.807) is 19.9 Å². The summed E-state index contributed by atoms with van der Waals surface area (Å²) in [6, 6.07) is -0.448. The van der Waals surface area contributed by atoms with Gasteiger partial charge in [0, 0.05) is 24.8 Å². The summed E-state index contributed by atoms with van der Waals surface area (Å²) in [5, 5.41) is 13.0. The molecule has 4 atom stereocenters. The van der Waals surface area contributed by atoms with Crippen molar-refractivity contribution in [3.63, 3.8) is 0 Å². The Labute approximate surface area is 152 Å². The predicted octanol–water partition coefficient (Wildman–Crippen LogP) is 1.92. The van der Waals surface area contributed by atoms with E-state index in [4.69, 9.17) is 18.5 Å². The zero-order valence-corrected chi connectivity index (χ0v) is 15.9. The summed E-state index contributed by atoms with van der Waals surface area (Å²) in [4.78, 5) is 13.4. The molecule has 0 radical (unpaired) electrons. The Balaban J connectivity index is 2.18. The molecule has 26 heavy (non-hydrogen) atoms. The third-order valence-electron chi connectivity index (χ3n) is 3.81. The van der Waals surface area contributed by atoms with Crippen molar-refractivity contribution in [1.82, 2.24) is 10.2 Å². The van der Waals surface area contributed by atoms with Crippen LogP contribution < -0.4 is 5.32 Å². The van der Waals surface area contributed by atoms with Crippen LogP contribution in [0.3, 0.4) is 0 Å². The highest BCUT2D eigenvalue weighted by molar-refractivity contribution is 7.57. The number of carbonyl (C=O) groups is 1. The Kier molecular flexibility index (Phi) is 7.16. The van der Waals surface area contributed by atoms with Gasteiger partial charge >= 0.3 is 13.6 Å². The van der Waals surface area contributed by atoms with Crippen LogP contribution in [0, 0.1) is 0 Å². The van der Waals surface area contributed by atoms with E-state index in [-0.39, 0.29) is 13.2 Å². The fraction of sp³-hybridized carbons (Fsp3) is 0.562. The Morgan fingerprint density at radius 3 is 2.62 bits per heavy atom. The fourth-order valence-corrected chi connectivity index (χ4v) is 4.02. The molecule has 0 aromatic rings. The number of rotatable bonds is 8. The van der Waals surface area contributed by atoms with E-state index >= 15 is 0 Å². The fourth-order valence-electron chi connectivity index (χ4n) is 2.67. The minimum absolute atomic E-state index is 0.210. The number of allylic oxidation sites excluding steroid dienone is 1. The topological polar surface area (TPSA) is 107 Å². The van der Waals surface area contributed by atoms with E-state index in [1.807, 2.05) is 0 Å². The zero-order valence-electron chi connectivity index (χ0n) is 15.0. The maximum Gasteiger partial charge on any atom is 0.353 e. The molecule has 2 aliphatic rings. The molecule has 2 amide bonds. The molecule has 0 bridgehead atoms. The Morgan fingerprint density at radius 1 is 1.42 bits per heavy atom. The number of carbonyl (C=O) groups excluding carboxylic acids is 1. The summed E-state index contributed by atoms with van der Waals surface area (Å²) in [5.41, 5.74) is 0.449. The van der Waals surface area contributed by atoms with Crippen molar-refractivity contribution in [1.29, 1.82) is 0 Å². The molecule has 0 spiro atoms. The maximum atomic E-state index is 12.5. The summed E-state index contributed by atoms with van der Waals surface area (Å²) in [6.07, 6.45) is 0.910. The average molecular weight is 388 g/mol. The van der Waals surface area contributed by atoms with Crippen molar-refractivity contribution in [3.05, 3.63) is 36.4 Å². The lowest BCUT2D eigenvalue weighted by Crippen LogP contribution is -2.50. The van der Waals surface area contributed by atoms with Crippen molar-refractivity contribution in [2.45, 2.75) is 38.4 Å². The van der Waals surface area contributed by atoms with Crippen molar-refractivity contribution >= 4 is 13.6 Å². The standard InChI is InChI=1S/C16H25N2O7P/c1-5-23-26(21,24-6-2)10-8-12-13(19)14(22-4)15(25-12)18-9-7-11(3)17-16(18)20/h7-10,12-15,19H,3,5-6H2,1-2,4H3,(H,17,20)/b10-8+/t12-,13?,14?,15-/m1/s1. The molecule has 0 aromatic carbocycles. The third-order valence-corrected chi connectivity index (χ3v) is 5.59. The molecular weight excluding hydrogens is 363 g/mol. The van der Waals surface area contributed by atoms with Crippen LogP contribution in [0.15, 0.2) is 36.4 Å². The van der Waals surface area contributed by atoms with Gasteiger partial charge < -0.3 is 28.9 Å². The summed E-state index contributed by atoms with van der Waals surface area (Å²) in [6.45, 7) is 7.47. The molecule has 2 unspecified atom stereocenters. The quantitative estimate of drug-likeness (QED) is 0.612. The predicted molar refractivity (Wildman–Crippen MR) is 94.1 cm³/mol. The Hall–Kier alpha value is -1.48. The smallest absolute Gasteiger partial charge is 0.353 e. The summed E-state index contributed by atoms with van der Waals surface area (Å²) >= 11 is 0. The van der Waals surface area contributed by atoms with E-state index < -0.39 is 38.2 Å². The molecule has 0 aromatic heterocycles. The number of urea groups is 1. The molecule has 2 rings (SSSR count). The number of hydrogen-bond donors (Lipinski definition) is 2. The number of aliphatic hydroxyl groups is 1. The first-order chi connectivity index (χ1) is 12.3. The summed E-state index contributed by atoms with van der Waals surface area (Å²) in [5.74, 6) is 1.26. The first-order valence-corrected chi connectivity index (χ1v) is 9.87. The van der Waals surface area contributed by atoms with Gasteiger partial charge in [-0.3, -0.25) is 9.46 Å². The van der Waals surface area contributed by atoms with Crippen LogP contribution in [-0.4, -0.2) is 60.9 Å². The highest BCUT2D eigenvalue weighted by Crippen LogP contribution is 2.50. The minimum atomic E-state index is -3.43. The SMILES string of the molecule is C=C1C=CN([C@@H]2O[C@H](/C=C/P(=O)(OCC)OCC)C(O)C2OC)C(=O)N1. The number of hydrogen-bond acceptors (Lipinski definition) is 7. The first kappa shape index (κ1) is 20.8. The van der Waals surface area contributed by atoms with Gasteiger partial charge in [0.05, 0.1) is 13.2 Å². The minimum Gasteiger partial charge on any atom is -0.387 e. The molecule has 2 N–H and O–H groups in total. The molecule has 1 fully saturated rings. The molecular formula is C16H25N2O7P. The lowest BCUT2D eigenvalue weighted by molar-refractivity contribution is -0.0603. The van der Waals surface area contributed by atoms with Gasteiger partial charge in [-0.2, -0.15) is 0 Å². The van der Waals surface area contributed by atoms with E-state index in [0.717, 1.165) is 0 Å². The first-order valence-electron chi connectivity index (χ1n) is 8.26. The number of aliphatic hydroxyl groups excluding tert-OH is 1. The van der Waals surface area contributed by atoms with Gasteiger partial charge in [-0.25, -0.2) is 4.79 Å². The molecule has 0 aliphatic carbocycles. The van der Waals surface area contributed by atoms with Gasteiger partial charge in [-0.1, -0.05) is 6.58 Å². The molecule has 2 aliphatic heterocycles. The number of amides is 2. The van der Waals surface area contributed by atoms with Gasteiger partial charge in [0.2, 0.25) is 0 Å². The van der Waals surface area contributed by atoms with Crippen molar-refractivity contribution in [3.8, 4) is 0 Å². The molecule has 9 nitrogen and oxygen atoms in total. The normalized spacial score (nSPS) is 29.6. The molecule has 1 saturated heterocycles. The molecule has 10 heteroatoms. The van der Waals surface area contributed by atoms with Crippen LogP contribution >= 0.6 is 7.60 Å². The lowest BCUT2D eigenvalue weighted by Gasteiger charge is -2.31. The molecule has 0 saturated carbocycles.